The number of hydrogen-bond acceptors (Lipinski definition) is 2. The van der Waals surface area contributed by atoms with Crippen LogP contribution in [0.1, 0.15) is 5.56 Å². The maximum atomic E-state index is 11.7. The number of benzene rings is 1. The van der Waals surface area contributed by atoms with Crippen LogP contribution in [0.15, 0.2) is 39.3 Å². The van der Waals surface area contributed by atoms with Gasteiger partial charge in [-0.25, -0.2) is 13.1 Å². The number of nitrogens with one attached hydrogen (secondary N) is 1. The average molecular weight is 337 g/mol. The predicted octanol–water partition coefficient (Wildman–Crippen LogP) is 2.22. The van der Waals surface area contributed by atoms with Gasteiger partial charge in [0.05, 0.1) is 4.90 Å². The first kappa shape index (κ1) is 12.7. The maximum absolute atomic E-state index is 11.7. The Morgan fingerprint density at radius 2 is 1.93 bits per heavy atom. The fourth-order valence-electron chi connectivity index (χ4n) is 1.00. The SMILES string of the molecule is Cc1ccc(S(=O)(=O)NC/C=C/I)cc1. The van der Waals surface area contributed by atoms with Crippen LogP contribution in [0.5, 0.6) is 0 Å². The fourth-order valence-corrected chi connectivity index (χ4v) is 2.23. The lowest BCUT2D eigenvalue weighted by molar-refractivity contribution is 0.585. The summed E-state index contributed by atoms with van der Waals surface area (Å²) in [6.07, 6.45) is 1.74. The van der Waals surface area contributed by atoms with Gasteiger partial charge in [-0.15, -0.1) is 0 Å². The number of rotatable bonds is 4. The monoisotopic (exact) mass is 337 g/mol. The zero-order valence-corrected chi connectivity index (χ0v) is 11.2. The third-order valence-corrected chi connectivity index (χ3v) is 3.76. The van der Waals surface area contributed by atoms with Crippen molar-refractivity contribution < 1.29 is 8.42 Å². The number of aryl methyl sites for hydroxylation is 1. The lowest BCUT2D eigenvalue weighted by Crippen LogP contribution is -2.23. The highest BCUT2D eigenvalue weighted by Crippen LogP contribution is 2.09. The second kappa shape index (κ2) is 5.62. The Morgan fingerprint density at radius 3 is 2.47 bits per heavy atom. The first-order valence-electron chi connectivity index (χ1n) is 4.38. The topological polar surface area (TPSA) is 46.2 Å². The molecule has 0 aliphatic carbocycles. The zero-order valence-electron chi connectivity index (χ0n) is 8.27. The van der Waals surface area contributed by atoms with Gasteiger partial charge in [0.15, 0.2) is 0 Å². The molecule has 0 bridgehead atoms. The van der Waals surface area contributed by atoms with Crippen LogP contribution in [-0.4, -0.2) is 15.0 Å². The molecule has 1 aromatic rings. The number of sulfonamides is 1. The molecule has 3 nitrogen and oxygen atoms in total. The molecule has 1 aromatic carbocycles. The molecular weight excluding hydrogens is 325 g/mol. The summed E-state index contributed by atoms with van der Waals surface area (Å²) in [7, 11) is -3.35. The standard InChI is InChI=1S/C10H12INO2S/c1-9-3-5-10(6-4-9)15(13,14)12-8-2-7-11/h2-7,12H,8H2,1H3/b7-2+. The molecule has 0 amide bonds. The molecule has 0 aromatic heterocycles. The highest BCUT2D eigenvalue weighted by Gasteiger charge is 2.11. The molecule has 0 aliphatic rings. The van der Waals surface area contributed by atoms with Gasteiger partial charge in [-0.2, -0.15) is 0 Å². The van der Waals surface area contributed by atoms with E-state index in [9.17, 15) is 8.42 Å². The van der Waals surface area contributed by atoms with Crippen molar-refractivity contribution in [2.75, 3.05) is 6.54 Å². The second-order valence-electron chi connectivity index (χ2n) is 3.03. The molecule has 0 heterocycles. The van der Waals surface area contributed by atoms with Crippen molar-refractivity contribution in [3.63, 3.8) is 0 Å². The van der Waals surface area contributed by atoms with Crippen molar-refractivity contribution in [1.29, 1.82) is 0 Å². The summed E-state index contributed by atoms with van der Waals surface area (Å²) in [4.78, 5) is 0.301. The van der Waals surface area contributed by atoms with Crippen molar-refractivity contribution in [2.24, 2.45) is 0 Å². The van der Waals surface area contributed by atoms with Crippen LogP contribution < -0.4 is 4.72 Å². The van der Waals surface area contributed by atoms with Crippen molar-refractivity contribution >= 4 is 32.6 Å². The molecule has 0 atom stereocenters. The van der Waals surface area contributed by atoms with Gasteiger partial charge in [0.2, 0.25) is 10.0 Å². The Hall–Kier alpha value is -0.400. The number of halogens is 1. The van der Waals surface area contributed by atoms with E-state index in [1.807, 2.05) is 29.5 Å². The molecule has 0 spiro atoms. The van der Waals surface area contributed by atoms with Gasteiger partial charge in [0, 0.05) is 6.54 Å². The summed E-state index contributed by atoms with van der Waals surface area (Å²) < 4.78 is 27.6. The van der Waals surface area contributed by atoms with Crippen molar-refractivity contribution in [3.05, 3.63) is 40.0 Å². The van der Waals surface area contributed by atoms with Crippen LogP contribution in [-0.2, 0) is 10.0 Å². The Morgan fingerprint density at radius 1 is 1.33 bits per heavy atom. The molecular formula is C10H12INO2S. The summed E-state index contributed by atoms with van der Waals surface area (Å²) in [5.41, 5.74) is 1.04. The summed E-state index contributed by atoms with van der Waals surface area (Å²) in [5, 5.41) is 0. The first-order chi connectivity index (χ1) is 7.06. The smallest absolute Gasteiger partial charge is 0.207 e. The second-order valence-corrected chi connectivity index (χ2v) is 5.51. The Kier molecular flexibility index (Phi) is 4.75. The van der Waals surface area contributed by atoms with E-state index in [0.717, 1.165) is 5.56 Å². The average Bonchev–Trinajstić information content (AvgIpc) is 2.18. The van der Waals surface area contributed by atoms with E-state index in [2.05, 4.69) is 4.72 Å². The predicted molar refractivity (Wildman–Crippen MR) is 69.5 cm³/mol. The van der Waals surface area contributed by atoms with E-state index >= 15 is 0 Å². The molecule has 5 heteroatoms. The Labute approximate surface area is 104 Å². The molecule has 0 radical (unpaired) electrons. The van der Waals surface area contributed by atoms with E-state index in [1.54, 1.807) is 34.4 Å². The largest absolute Gasteiger partial charge is 0.240 e. The molecule has 0 saturated carbocycles. The fraction of sp³-hybridized carbons (Fsp3) is 0.200. The van der Waals surface area contributed by atoms with Crippen molar-refractivity contribution in [1.82, 2.24) is 4.72 Å². The first-order valence-corrected chi connectivity index (χ1v) is 7.11. The van der Waals surface area contributed by atoms with Crippen LogP contribution in [0.4, 0.5) is 0 Å². The van der Waals surface area contributed by atoms with Crippen molar-refractivity contribution in [2.45, 2.75) is 11.8 Å². The van der Waals surface area contributed by atoms with Crippen LogP contribution in [0.3, 0.4) is 0 Å². The van der Waals surface area contributed by atoms with Crippen LogP contribution in [0, 0.1) is 6.92 Å². The molecule has 0 unspecified atom stereocenters. The summed E-state index contributed by atoms with van der Waals surface area (Å²) in [6, 6.07) is 6.77. The van der Waals surface area contributed by atoms with E-state index in [1.165, 1.54) is 0 Å². The van der Waals surface area contributed by atoms with Gasteiger partial charge in [0.25, 0.3) is 0 Å². The van der Waals surface area contributed by atoms with E-state index in [0.29, 0.717) is 11.4 Å². The molecule has 0 aliphatic heterocycles. The molecule has 82 valence electrons. The molecule has 1 N–H and O–H groups in total. The highest BCUT2D eigenvalue weighted by molar-refractivity contribution is 14.1. The van der Waals surface area contributed by atoms with E-state index in [-0.39, 0.29) is 0 Å². The Bertz CT molecular complexity index is 437. The molecule has 0 saturated heterocycles. The van der Waals surface area contributed by atoms with Gasteiger partial charge in [-0.3, -0.25) is 0 Å². The van der Waals surface area contributed by atoms with Gasteiger partial charge >= 0.3 is 0 Å². The maximum Gasteiger partial charge on any atom is 0.240 e. The van der Waals surface area contributed by atoms with E-state index < -0.39 is 10.0 Å². The van der Waals surface area contributed by atoms with Gasteiger partial charge in [0.1, 0.15) is 0 Å². The Balaban J connectivity index is 2.82. The molecule has 0 fully saturated rings. The molecule has 1 rings (SSSR count). The van der Waals surface area contributed by atoms with Gasteiger partial charge < -0.3 is 0 Å². The van der Waals surface area contributed by atoms with Gasteiger partial charge in [-0.1, -0.05) is 46.4 Å². The number of hydrogen-bond donors (Lipinski definition) is 1. The van der Waals surface area contributed by atoms with Crippen LogP contribution in [0.25, 0.3) is 0 Å². The lowest BCUT2D eigenvalue weighted by atomic mass is 10.2. The quantitative estimate of drug-likeness (QED) is 0.857. The minimum atomic E-state index is -3.35. The summed E-state index contributed by atoms with van der Waals surface area (Å²) in [6.45, 7) is 2.24. The van der Waals surface area contributed by atoms with Crippen LogP contribution >= 0.6 is 22.6 Å². The minimum absolute atomic E-state index is 0.301. The van der Waals surface area contributed by atoms with E-state index in [4.69, 9.17) is 0 Å². The van der Waals surface area contributed by atoms with Crippen molar-refractivity contribution in [3.8, 4) is 0 Å². The minimum Gasteiger partial charge on any atom is -0.207 e. The third kappa shape index (κ3) is 3.92. The highest BCUT2D eigenvalue weighted by atomic mass is 127. The van der Waals surface area contributed by atoms with Crippen LogP contribution in [0.2, 0.25) is 0 Å². The van der Waals surface area contributed by atoms with Gasteiger partial charge in [-0.05, 0) is 23.1 Å². The summed E-state index contributed by atoms with van der Waals surface area (Å²) in [5.74, 6) is 0. The lowest BCUT2D eigenvalue weighted by Gasteiger charge is -2.04. The molecule has 15 heavy (non-hydrogen) atoms. The normalized spacial score (nSPS) is 12.1. The third-order valence-electron chi connectivity index (χ3n) is 1.81. The zero-order chi connectivity index (χ0) is 11.3. The summed E-state index contributed by atoms with van der Waals surface area (Å²) >= 11 is 2.04.